The van der Waals surface area contributed by atoms with Crippen molar-refractivity contribution in [1.29, 1.82) is 0 Å². The van der Waals surface area contributed by atoms with Crippen LogP contribution in [0.15, 0.2) is 36.5 Å². The summed E-state index contributed by atoms with van der Waals surface area (Å²) in [5, 5.41) is 0.415. The second-order valence-corrected chi connectivity index (χ2v) is 4.72. The van der Waals surface area contributed by atoms with E-state index in [9.17, 15) is 9.59 Å². The Morgan fingerprint density at radius 3 is 2.50 bits per heavy atom. The quantitative estimate of drug-likeness (QED) is 0.679. The van der Waals surface area contributed by atoms with Crippen molar-refractivity contribution in [1.82, 2.24) is 4.98 Å². The molecule has 0 unspecified atom stereocenters. The van der Waals surface area contributed by atoms with Crippen LogP contribution in [-0.4, -0.2) is 23.3 Å². The van der Waals surface area contributed by atoms with Crippen LogP contribution in [0.3, 0.4) is 0 Å². The number of carbonyl (C=O) groups is 2. The van der Waals surface area contributed by atoms with Gasteiger partial charge in [-0.25, -0.2) is 4.79 Å². The number of Topliss-reactive ketones (excluding diaryl/α,β-unsaturated/α-hetero) is 1. The Morgan fingerprint density at radius 2 is 1.95 bits per heavy atom. The monoisotopic (exact) mass is 291 g/mol. The summed E-state index contributed by atoms with van der Waals surface area (Å²) in [5.41, 5.74) is 1.91. The number of ketones is 1. The van der Waals surface area contributed by atoms with Gasteiger partial charge in [-0.15, -0.1) is 0 Å². The molecule has 0 aliphatic carbocycles. The van der Waals surface area contributed by atoms with Gasteiger partial charge in [0.15, 0.2) is 12.4 Å². The zero-order valence-electron chi connectivity index (χ0n) is 11.0. The number of rotatable bonds is 5. The molecule has 2 rings (SSSR count). The molecule has 2 aromatic rings. The molecule has 1 heterocycles. The minimum atomic E-state index is -0.601. The van der Waals surface area contributed by atoms with E-state index in [-0.39, 0.29) is 18.1 Å². The topological polar surface area (TPSA) is 59.2 Å². The number of ether oxygens (including phenoxy) is 1. The molecule has 4 nitrogen and oxygen atoms in total. The van der Waals surface area contributed by atoms with Crippen molar-refractivity contribution in [3.8, 4) is 0 Å². The number of hydrogen-bond donors (Lipinski definition) is 1. The third-order valence-corrected chi connectivity index (χ3v) is 3.10. The van der Waals surface area contributed by atoms with Gasteiger partial charge in [0.2, 0.25) is 0 Å². The lowest BCUT2D eigenvalue weighted by Gasteiger charge is -2.04. The highest BCUT2D eigenvalue weighted by atomic mass is 35.5. The van der Waals surface area contributed by atoms with Gasteiger partial charge in [-0.2, -0.15) is 0 Å². The number of aromatic amines is 1. The summed E-state index contributed by atoms with van der Waals surface area (Å²) in [6.07, 6.45) is 2.39. The highest BCUT2D eigenvalue weighted by molar-refractivity contribution is 6.30. The second kappa shape index (κ2) is 6.39. The summed E-state index contributed by atoms with van der Waals surface area (Å²) in [4.78, 5) is 26.2. The fourth-order valence-corrected chi connectivity index (χ4v) is 1.87. The molecular weight excluding hydrogens is 278 g/mol. The van der Waals surface area contributed by atoms with Crippen LogP contribution in [0, 0.1) is 0 Å². The van der Waals surface area contributed by atoms with Gasteiger partial charge >= 0.3 is 5.97 Å². The number of halogens is 1. The van der Waals surface area contributed by atoms with Crippen molar-refractivity contribution >= 4 is 23.4 Å². The summed E-state index contributed by atoms with van der Waals surface area (Å²) in [7, 11) is 0. The van der Waals surface area contributed by atoms with E-state index in [1.165, 1.54) is 12.3 Å². The van der Waals surface area contributed by atoms with Crippen LogP contribution in [0.5, 0.6) is 0 Å². The molecule has 0 atom stereocenters. The van der Waals surface area contributed by atoms with E-state index in [4.69, 9.17) is 16.3 Å². The van der Waals surface area contributed by atoms with Crippen LogP contribution in [0.25, 0.3) is 0 Å². The molecule has 0 aliphatic rings. The lowest BCUT2D eigenvalue weighted by molar-refractivity contribution is 0.0469. The first-order valence-corrected chi connectivity index (χ1v) is 6.61. The number of carbonyl (C=O) groups excluding carboxylic acids is 2. The Morgan fingerprint density at radius 1 is 1.25 bits per heavy atom. The van der Waals surface area contributed by atoms with Crippen LogP contribution >= 0.6 is 11.6 Å². The van der Waals surface area contributed by atoms with E-state index in [0.717, 1.165) is 12.0 Å². The standard InChI is InChI=1S/C15H14ClNO3/c1-2-10-3-5-11(6-4-10)14(18)9-20-15(19)13-7-12(16)8-17-13/h3-8,17H,2,9H2,1H3. The number of hydrogen-bond acceptors (Lipinski definition) is 3. The molecule has 0 radical (unpaired) electrons. The van der Waals surface area contributed by atoms with E-state index in [1.54, 1.807) is 12.1 Å². The maximum atomic E-state index is 11.9. The van der Waals surface area contributed by atoms with Crippen molar-refractivity contribution in [2.24, 2.45) is 0 Å². The lowest BCUT2D eigenvalue weighted by atomic mass is 10.1. The van der Waals surface area contributed by atoms with Crippen LogP contribution in [0.4, 0.5) is 0 Å². The first kappa shape index (κ1) is 14.3. The number of esters is 1. The van der Waals surface area contributed by atoms with Gasteiger partial charge in [0, 0.05) is 11.8 Å². The highest BCUT2D eigenvalue weighted by Crippen LogP contribution is 2.11. The Balaban J connectivity index is 1.92. The number of H-pyrrole nitrogens is 1. The molecule has 5 heteroatoms. The van der Waals surface area contributed by atoms with Crippen molar-refractivity contribution in [3.05, 3.63) is 58.4 Å². The number of nitrogens with one attached hydrogen (secondary N) is 1. The van der Waals surface area contributed by atoms with Crippen LogP contribution < -0.4 is 0 Å². The molecule has 0 fully saturated rings. The van der Waals surface area contributed by atoms with E-state index in [1.807, 2.05) is 19.1 Å². The zero-order chi connectivity index (χ0) is 14.5. The second-order valence-electron chi connectivity index (χ2n) is 4.28. The first-order valence-electron chi connectivity index (χ1n) is 6.23. The maximum Gasteiger partial charge on any atom is 0.355 e. The van der Waals surface area contributed by atoms with Gasteiger partial charge in [-0.3, -0.25) is 4.79 Å². The Labute approximate surface area is 121 Å². The molecule has 0 spiro atoms. The fraction of sp³-hybridized carbons (Fsp3) is 0.200. The molecule has 0 saturated carbocycles. The minimum absolute atomic E-state index is 0.226. The average Bonchev–Trinajstić information content (AvgIpc) is 2.91. The Bertz CT molecular complexity index is 616. The molecular formula is C15H14ClNO3. The molecule has 0 saturated heterocycles. The summed E-state index contributed by atoms with van der Waals surface area (Å²) < 4.78 is 4.94. The molecule has 0 amide bonds. The Kier molecular flexibility index (Phi) is 4.58. The van der Waals surface area contributed by atoms with Gasteiger partial charge in [0.05, 0.1) is 5.02 Å². The van der Waals surface area contributed by atoms with Crippen LogP contribution in [0.1, 0.15) is 33.3 Å². The fourth-order valence-electron chi connectivity index (χ4n) is 1.70. The Hall–Kier alpha value is -2.07. The van der Waals surface area contributed by atoms with Crippen molar-refractivity contribution in [2.45, 2.75) is 13.3 Å². The minimum Gasteiger partial charge on any atom is -0.453 e. The third kappa shape index (κ3) is 3.48. The average molecular weight is 292 g/mol. The van der Waals surface area contributed by atoms with Crippen LogP contribution in [0.2, 0.25) is 5.02 Å². The smallest absolute Gasteiger partial charge is 0.355 e. The van der Waals surface area contributed by atoms with Crippen molar-refractivity contribution in [2.75, 3.05) is 6.61 Å². The lowest BCUT2D eigenvalue weighted by Crippen LogP contribution is -2.14. The van der Waals surface area contributed by atoms with Crippen LogP contribution in [-0.2, 0) is 11.2 Å². The van der Waals surface area contributed by atoms with E-state index in [0.29, 0.717) is 10.6 Å². The normalized spacial score (nSPS) is 10.3. The van der Waals surface area contributed by atoms with Gasteiger partial charge in [0.1, 0.15) is 5.69 Å². The largest absolute Gasteiger partial charge is 0.453 e. The maximum absolute atomic E-state index is 11.9. The molecule has 0 bridgehead atoms. The molecule has 20 heavy (non-hydrogen) atoms. The van der Waals surface area contributed by atoms with Gasteiger partial charge in [0.25, 0.3) is 0 Å². The van der Waals surface area contributed by atoms with Crippen molar-refractivity contribution in [3.63, 3.8) is 0 Å². The van der Waals surface area contributed by atoms with E-state index >= 15 is 0 Å². The SMILES string of the molecule is CCc1ccc(C(=O)COC(=O)c2cc(Cl)c[nH]2)cc1. The van der Waals surface area contributed by atoms with E-state index in [2.05, 4.69) is 4.98 Å². The molecule has 0 aliphatic heterocycles. The summed E-state index contributed by atoms with van der Waals surface area (Å²) in [5.74, 6) is -0.839. The van der Waals surface area contributed by atoms with Gasteiger partial charge < -0.3 is 9.72 Å². The molecule has 1 N–H and O–H groups in total. The number of aryl methyl sites for hydroxylation is 1. The molecule has 1 aromatic carbocycles. The predicted molar refractivity (Wildman–Crippen MR) is 76.2 cm³/mol. The zero-order valence-corrected chi connectivity index (χ0v) is 11.7. The molecule has 1 aromatic heterocycles. The predicted octanol–water partition coefficient (Wildman–Crippen LogP) is 3.27. The highest BCUT2D eigenvalue weighted by Gasteiger charge is 2.13. The summed E-state index contributed by atoms with van der Waals surface area (Å²) >= 11 is 5.69. The number of benzene rings is 1. The third-order valence-electron chi connectivity index (χ3n) is 2.89. The first-order chi connectivity index (χ1) is 9.60. The van der Waals surface area contributed by atoms with Gasteiger partial charge in [-0.05, 0) is 18.1 Å². The summed E-state index contributed by atoms with van der Waals surface area (Å²) in [6, 6.07) is 8.70. The summed E-state index contributed by atoms with van der Waals surface area (Å²) in [6.45, 7) is 1.75. The van der Waals surface area contributed by atoms with Gasteiger partial charge in [-0.1, -0.05) is 42.8 Å². The van der Waals surface area contributed by atoms with Crippen molar-refractivity contribution < 1.29 is 14.3 Å². The molecule has 104 valence electrons. The van der Waals surface area contributed by atoms with E-state index < -0.39 is 5.97 Å². The number of aromatic nitrogens is 1.